The van der Waals surface area contributed by atoms with Crippen molar-refractivity contribution in [1.29, 1.82) is 0 Å². The number of phosphoric acid groups is 1. The van der Waals surface area contributed by atoms with Crippen molar-refractivity contribution in [2.45, 2.75) is 33.1 Å². The van der Waals surface area contributed by atoms with Crippen LogP contribution >= 0.6 is 7.82 Å². The topological polar surface area (TPSA) is 109 Å². The van der Waals surface area contributed by atoms with Crippen molar-refractivity contribution in [2.24, 2.45) is 0 Å². The van der Waals surface area contributed by atoms with Crippen molar-refractivity contribution < 1.29 is 22.9 Å². The van der Waals surface area contributed by atoms with Gasteiger partial charge in [-0.1, -0.05) is 6.08 Å². The van der Waals surface area contributed by atoms with Gasteiger partial charge in [0.25, 0.3) is 5.56 Å². The highest BCUT2D eigenvalue weighted by Crippen LogP contribution is 2.49. The van der Waals surface area contributed by atoms with E-state index in [1.807, 2.05) is 0 Å². The van der Waals surface area contributed by atoms with Gasteiger partial charge in [0.2, 0.25) is 0 Å². The summed E-state index contributed by atoms with van der Waals surface area (Å²) in [6, 6.07) is 0. The zero-order chi connectivity index (χ0) is 17.7. The van der Waals surface area contributed by atoms with Gasteiger partial charge in [0.1, 0.15) is 6.10 Å². The lowest BCUT2D eigenvalue weighted by Gasteiger charge is -2.19. The quantitative estimate of drug-likeness (QED) is 0.553. The van der Waals surface area contributed by atoms with Gasteiger partial charge in [0.15, 0.2) is 6.23 Å². The summed E-state index contributed by atoms with van der Waals surface area (Å²) < 4.78 is 34.4. The monoisotopic (exact) mass is 360 g/mol. The van der Waals surface area contributed by atoms with Crippen LogP contribution in [0.2, 0.25) is 0 Å². The van der Waals surface area contributed by atoms with E-state index in [1.165, 1.54) is 10.8 Å². The fraction of sp³-hybridized carbons (Fsp3) is 0.571. The third kappa shape index (κ3) is 4.52. The predicted molar refractivity (Wildman–Crippen MR) is 85.9 cm³/mol. The number of nitrogens with zero attached hydrogens (tertiary/aromatic N) is 1. The Labute approximate surface area is 138 Å². The Kier molecular flexibility index (Phi) is 6.31. The molecule has 24 heavy (non-hydrogen) atoms. The molecule has 0 aliphatic carbocycles. The van der Waals surface area contributed by atoms with Gasteiger partial charge in [-0.3, -0.25) is 27.9 Å². The lowest BCUT2D eigenvalue weighted by atomic mass is 10.3. The van der Waals surface area contributed by atoms with E-state index in [2.05, 4.69) is 4.98 Å². The number of ether oxygens (including phenoxy) is 1. The molecule has 0 radical (unpaired) electrons. The van der Waals surface area contributed by atoms with Crippen molar-refractivity contribution in [1.82, 2.24) is 9.55 Å². The minimum absolute atomic E-state index is 0.0542. The number of aromatic nitrogens is 2. The Hall–Kier alpha value is -1.51. The first kappa shape index (κ1) is 18.8. The van der Waals surface area contributed by atoms with Crippen molar-refractivity contribution in [2.75, 3.05) is 19.8 Å². The Bertz CT molecular complexity index is 744. The molecular formula is C14H21N2O7P. The number of rotatable bonds is 8. The van der Waals surface area contributed by atoms with Gasteiger partial charge in [0.05, 0.1) is 19.8 Å². The van der Waals surface area contributed by atoms with Gasteiger partial charge in [-0.25, -0.2) is 9.36 Å². The molecule has 9 nitrogen and oxygen atoms in total. The molecule has 0 saturated heterocycles. The summed E-state index contributed by atoms with van der Waals surface area (Å²) in [6.45, 7) is 5.28. The highest BCUT2D eigenvalue weighted by Gasteiger charge is 2.29. The second-order valence-electron chi connectivity index (χ2n) is 5.01. The molecule has 2 unspecified atom stereocenters. The normalized spacial score (nSPS) is 20.6. The fourth-order valence-corrected chi connectivity index (χ4v) is 3.30. The molecule has 10 heteroatoms. The summed E-state index contributed by atoms with van der Waals surface area (Å²) in [5, 5.41) is 0. The molecule has 0 spiro atoms. The minimum Gasteiger partial charge on any atom is -0.344 e. The Balaban J connectivity index is 2.00. The van der Waals surface area contributed by atoms with Gasteiger partial charge < -0.3 is 4.74 Å². The van der Waals surface area contributed by atoms with E-state index in [-0.39, 0.29) is 19.8 Å². The van der Waals surface area contributed by atoms with Crippen LogP contribution in [0, 0.1) is 6.92 Å². The zero-order valence-corrected chi connectivity index (χ0v) is 14.7. The average Bonchev–Trinajstić information content (AvgIpc) is 2.98. The van der Waals surface area contributed by atoms with Gasteiger partial charge in [-0.15, -0.1) is 0 Å². The molecule has 2 rings (SSSR count). The average molecular weight is 360 g/mol. The predicted octanol–water partition coefficient (Wildman–Crippen LogP) is 1.50. The maximum absolute atomic E-state index is 12.2. The lowest BCUT2D eigenvalue weighted by Crippen LogP contribution is -2.33. The molecule has 0 bridgehead atoms. The summed E-state index contributed by atoms with van der Waals surface area (Å²) in [7, 11) is -3.62. The molecule has 2 atom stereocenters. The molecule has 1 aromatic rings. The summed E-state index contributed by atoms with van der Waals surface area (Å²) >= 11 is 0. The second kappa shape index (κ2) is 8.04. The van der Waals surface area contributed by atoms with Gasteiger partial charge in [0, 0.05) is 11.8 Å². The molecule has 2 heterocycles. The first-order valence-electron chi connectivity index (χ1n) is 7.58. The SMILES string of the molecule is CCOP(=O)(OCC)OCC1C=CC(n2cc(C)c(=O)[nH]c2=O)O1. The molecule has 0 fully saturated rings. The number of hydrogen-bond donors (Lipinski definition) is 1. The summed E-state index contributed by atoms with van der Waals surface area (Å²) in [4.78, 5) is 25.5. The third-order valence-electron chi connectivity index (χ3n) is 3.20. The van der Waals surface area contributed by atoms with E-state index in [1.54, 1.807) is 32.9 Å². The molecule has 134 valence electrons. The minimum atomic E-state index is -3.62. The van der Waals surface area contributed by atoms with Crippen molar-refractivity contribution in [3.8, 4) is 0 Å². The second-order valence-corrected chi connectivity index (χ2v) is 6.68. The van der Waals surface area contributed by atoms with E-state index in [0.29, 0.717) is 5.56 Å². The first-order valence-corrected chi connectivity index (χ1v) is 9.04. The number of H-pyrrole nitrogens is 1. The van der Waals surface area contributed by atoms with Gasteiger partial charge in [-0.05, 0) is 26.8 Å². The van der Waals surface area contributed by atoms with Gasteiger partial charge in [-0.2, -0.15) is 0 Å². The zero-order valence-electron chi connectivity index (χ0n) is 13.8. The van der Waals surface area contributed by atoms with Crippen LogP contribution in [0.5, 0.6) is 0 Å². The van der Waals surface area contributed by atoms with Crippen molar-refractivity contribution in [3.05, 3.63) is 44.8 Å². The largest absolute Gasteiger partial charge is 0.474 e. The number of nitrogens with one attached hydrogen (secondary N) is 1. The maximum Gasteiger partial charge on any atom is 0.474 e. The number of hydrogen-bond acceptors (Lipinski definition) is 7. The van der Waals surface area contributed by atoms with Gasteiger partial charge >= 0.3 is 13.5 Å². The van der Waals surface area contributed by atoms with Crippen LogP contribution in [0.1, 0.15) is 25.6 Å². The number of aryl methyl sites for hydroxylation is 1. The van der Waals surface area contributed by atoms with Crippen LogP contribution in [0.4, 0.5) is 0 Å². The highest BCUT2D eigenvalue weighted by atomic mass is 31.2. The number of phosphoric ester groups is 1. The Morgan fingerprint density at radius 2 is 1.88 bits per heavy atom. The first-order chi connectivity index (χ1) is 11.4. The Morgan fingerprint density at radius 1 is 1.21 bits per heavy atom. The van der Waals surface area contributed by atoms with Crippen LogP contribution in [-0.2, 0) is 22.9 Å². The molecule has 1 N–H and O–H groups in total. The molecule has 0 aromatic carbocycles. The van der Waals surface area contributed by atoms with E-state index in [9.17, 15) is 14.2 Å². The van der Waals surface area contributed by atoms with Crippen LogP contribution in [0.25, 0.3) is 0 Å². The summed E-state index contributed by atoms with van der Waals surface area (Å²) in [5.74, 6) is 0. The molecular weight excluding hydrogens is 339 g/mol. The van der Waals surface area contributed by atoms with E-state index in [4.69, 9.17) is 18.3 Å². The molecule has 0 amide bonds. The summed E-state index contributed by atoms with van der Waals surface area (Å²) in [5.41, 5.74) is -0.618. The van der Waals surface area contributed by atoms with E-state index in [0.717, 1.165) is 0 Å². The van der Waals surface area contributed by atoms with E-state index >= 15 is 0 Å². The molecule has 0 saturated carbocycles. The van der Waals surface area contributed by atoms with Crippen molar-refractivity contribution >= 4 is 7.82 Å². The van der Waals surface area contributed by atoms with E-state index < -0.39 is 31.4 Å². The number of aromatic amines is 1. The smallest absolute Gasteiger partial charge is 0.344 e. The maximum atomic E-state index is 12.2. The lowest BCUT2D eigenvalue weighted by molar-refractivity contribution is -0.0143. The highest BCUT2D eigenvalue weighted by molar-refractivity contribution is 7.48. The van der Waals surface area contributed by atoms with Crippen LogP contribution < -0.4 is 11.2 Å². The van der Waals surface area contributed by atoms with Crippen LogP contribution in [0.15, 0.2) is 27.9 Å². The van der Waals surface area contributed by atoms with Crippen LogP contribution in [0.3, 0.4) is 0 Å². The molecule has 1 aliphatic heterocycles. The third-order valence-corrected chi connectivity index (χ3v) is 4.81. The van der Waals surface area contributed by atoms with Crippen molar-refractivity contribution in [3.63, 3.8) is 0 Å². The standard InChI is InChI=1S/C14H21N2O7P/c1-4-20-24(19,21-5-2)22-9-11-6-7-12(23-11)16-8-10(3)13(17)15-14(16)18/h6-8,11-12H,4-5,9H2,1-3H3,(H,15,17,18). The molecule has 1 aliphatic rings. The Morgan fingerprint density at radius 3 is 2.50 bits per heavy atom. The molecule has 1 aromatic heterocycles. The fourth-order valence-electron chi connectivity index (χ4n) is 2.11. The summed E-state index contributed by atoms with van der Waals surface area (Å²) in [6.07, 6.45) is 3.55. The van der Waals surface area contributed by atoms with Crippen LogP contribution in [-0.4, -0.2) is 35.5 Å².